The minimum absolute atomic E-state index is 0.000425. The van der Waals surface area contributed by atoms with Crippen LogP contribution in [-0.4, -0.2) is 28.1 Å². The van der Waals surface area contributed by atoms with Crippen LogP contribution in [0.3, 0.4) is 0 Å². The normalized spacial score (nSPS) is 13.9. The van der Waals surface area contributed by atoms with Crippen LogP contribution in [0.4, 0.5) is 0 Å². The average Bonchev–Trinajstić information content (AvgIpc) is 2.52. The second-order valence-corrected chi connectivity index (χ2v) is 7.09. The van der Waals surface area contributed by atoms with Crippen LogP contribution >= 0.6 is 0 Å². The molecule has 2 rings (SSSR count). The molecule has 24 heavy (non-hydrogen) atoms. The Morgan fingerprint density at radius 1 is 1.33 bits per heavy atom. The Bertz CT molecular complexity index is 763. The number of H-pyrrole nitrogens is 1. The fraction of sp³-hybridized carbons (Fsp3) is 0.474. The number of aromatic amines is 1. The van der Waals surface area contributed by atoms with E-state index in [1.54, 1.807) is 13.0 Å². The van der Waals surface area contributed by atoms with Gasteiger partial charge < -0.3 is 15.4 Å². The standard InChI is InChI=1S/C19H26N2O3/c1-13(2)8-9-19(3,24)12-20-17(22)11-15-10-14-6-4-5-7-16(14)21-18(15)23/h4-7,10,13,24H,8-9,11-12H2,1-3H3,(H,20,22)(H,21,23). The van der Waals surface area contributed by atoms with E-state index in [1.165, 1.54) is 0 Å². The zero-order chi connectivity index (χ0) is 17.7. The highest BCUT2D eigenvalue weighted by atomic mass is 16.3. The average molecular weight is 330 g/mol. The van der Waals surface area contributed by atoms with Gasteiger partial charge in [-0.25, -0.2) is 0 Å². The summed E-state index contributed by atoms with van der Waals surface area (Å²) in [5.41, 5.74) is -0.0119. The van der Waals surface area contributed by atoms with Crippen LogP contribution in [0.15, 0.2) is 35.1 Å². The maximum Gasteiger partial charge on any atom is 0.252 e. The van der Waals surface area contributed by atoms with Gasteiger partial charge in [0.2, 0.25) is 5.91 Å². The Kier molecular flexibility index (Phi) is 5.78. The van der Waals surface area contributed by atoms with Crippen molar-refractivity contribution >= 4 is 16.8 Å². The van der Waals surface area contributed by atoms with Crippen molar-refractivity contribution < 1.29 is 9.90 Å². The van der Waals surface area contributed by atoms with E-state index in [4.69, 9.17) is 0 Å². The smallest absolute Gasteiger partial charge is 0.252 e. The Hall–Kier alpha value is -2.14. The predicted octanol–water partition coefficient (Wildman–Crippen LogP) is 2.37. The topological polar surface area (TPSA) is 82.2 Å². The molecule has 1 heterocycles. The highest BCUT2D eigenvalue weighted by molar-refractivity contribution is 5.82. The highest BCUT2D eigenvalue weighted by Crippen LogP contribution is 2.15. The predicted molar refractivity (Wildman–Crippen MR) is 96.0 cm³/mol. The van der Waals surface area contributed by atoms with Crippen molar-refractivity contribution in [3.63, 3.8) is 0 Å². The first-order chi connectivity index (χ1) is 11.3. The van der Waals surface area contributed by atoms with E-state index in [0.29, 0.717) is 17.9 Å². The molecule has 0 fully saturated rings. The number of carbonyl (C=O) groups is 1. The zero-order valence-electron chi connectivity index (χ0n) is 14.6. The van der Waals surface area contributed by atoms with Crippen LogP contribution in [0.5, 0.6) is 0 Å². The first kappa shape index (κ1) is 18.2. The molecule has 0 aliphatic heterocycles. The second-order valence-electron chi connectivity index (χ2n) is 7.09. The molecule has 1 aromatic heterocycles. The first-order valence-corrected chi connectivity index (χ1v) is 8.37. The summed E-state index contributed by atoms with van der Waals surface area (Å²) in [4.78, 5) is 27.0. The minimum Gasteiger partial charge on any atom is -0.388 e. The molecule has 5 heteroatoms. The summed E-state index contributed by atoms with van der Waals surface area (Å²) in [5.74, 6) is 0.240. The third kappa shape index (κ3) is 5.20. The van der Waals surface area contributed by atoms with Gasteiger partial charge in [-0.05, 0) is 43.2 Å². The highest BCUT2D eigenvalue weighted by Gasteiger charge is 2.21. The molecule has 0 bridgehead atoms. The van der Waals surface area contributed by atoms with Gasteiger partial charge in [-0.15, -0.1) is 0 Å². The van der Waals surface area contributed by atoms with E-state index < -0.39 is 5.60 Å². The quantitative estimate of drug-likeness (QED) is 0.729. The summed E-state index contributed by atoms with van der Waals surface area (Å²) < 4.78 is 0. The van der Waals surface area contributed by atoms with Gasteiger partial charge in [0.05, 0.1) is 12.0 Å². The van der Waals surface area contributed by atoms with Crippen molar-refractivity contribution in [3.8, 4) is 0 Å². The van der Waals surface area contributed by atoms with E-state index in [0.717, 1.165) is 17.3 Å². The van der Waals surface area contributed by atoms with Crippen LogP contribution in [0, 0.1) is 5.92 Å². The van der Waals surface area contributed by atoms with Crippen molar-refractivity contribution in [2.24, 2.45) is 5.92 Å². The Labute approximate surface area is 142 Å². The number of rotatable bonds is 7. The molecular weight excluding hydrogens is 304 g/mol. The summed E-state index contributed by atoms with van der Waals surface area (Å²) in [6.45, 7) is 6.10. The van der Waals surface area contributed by atoms with Crippen LogP contribution in [0.2, 0.25) is 0 Å². The minimum atomic E-state index is -0.935. The van der Waals surface area contributed by atoms with E-state index in [2.05, 4.69) is 24.1 Å². The SMILES string of the molecule is CC(C)CCC(C)(O)CNC(=O)Cc1cc2ccccc2[nH]c1=O. The molecule has 3 N–H and O–H groups in total. The molecule has 0 saturated carbocycles. The molecule has 0 radical (unpaired) electrons. The summed E-state index contributed by atoms with van der Waals surface area (Å²) in [6, 6.07) is 9.20. The Balaban J connectivity index is 1.97. The van der Waals surface area contributed by atoms with Gasteiger partial charge in [-0.1, -0.05) is 32.0 Å². The molecule has 1 unspecified atom stereocenters. The van der Waals surface area contributed by atoms with Gasteiger partial charge in [-0.3, -0.25) is 9.59 Å². The number of aromatic nitrogens is 1. The summed E-state index contributed by atoms with van der Waals surface area (Å²) in [6.07, 6.45) is 1.52. The van der Waals surface area contributed by atoms with Gasteiger partial charge in [0.1, 0.15) is 0 Å². The fourth-order valence-electron chi connectivity index (χ4n) is 2.54. The lowest BCUT2D eigenvalue weighted by molar-refractivity contribution is -0.121. The molecule has 0 spiro atoms. The lowest BCUT2D eigenvalue weighted by Gasteiger charge is -2.24. The van der Waals surface area contributed by atoms with Crippen molar-refractivity contribution in [2.45, 2.75) is 45.6 Å². The van der Waals surface area contributed by atoms with Gasteiger partial charge >= 0.3 is 0 Å². The van der Waals surface area contributed by atoms with E-state index in [-0.39, 0.29) is 24.4 Å². The number of hydrogen-bond donors (Lipinski definition) is 3. The van der Waals surface area contributed by atoms with Gasteiger partial charge in [-0.2, -0.15) is 0 Å². The molecule has 1 amide bonds. The number of fused-ring (bicyclic) bond motifs is 1. The monoisotopic (exact) mass is 330 g/mol. The number of pyridine rings is 1. The molecule has 1 aromatic carbocycles. The Morgan fingerprint density at radius 3 is 2.75 bits per heavy atom. The molecule has 5 nitrogen and oxygen atoms in total. The van der Waals surface area contributed by atoms with Gasteiger partial charge in [0.25, 0.3) is 5.56 Å². The molecular formula is C19H26N2O3. The van der Waals surface area contributed by atoms with E-state index >= 15 is 0 Å². The van der Waals surface area contributed by atoms with Crippen LogP contribution < -0.4 is 10.9 Å². The second kappa shape index (κ2) is 7.62. The number of para-hydroxylation sites is 1. The van der Waals surface area contributed by atoms with Crippen molar-refractivity contribution in [1.82, 2.24) is 10.3 Å². The molecule has 0 aliphatic rings. The zero-order valence-corrected chi connectivity index (χ0v) is 14.6. The number of nitrogens with one attached hydrogen (secondary N) is 2. The summed E-state index contributed by atoms with van der Waals surface area (Å²) >= 11 is 0. The number of aliphatic hydroxyl groups is 1. The molecule has 0 aliphatic carbocycles. The van der Waals surface area contributed by atoms with Crippen molar-refractivity contribution in [3.05, 3.63) is 46.2 Å². The van der Waals surface area contributed by atoms with Crippen LogP contribution in [0.25, 0.3) is 10.9 Å². The lowest BCUT2D eigenvalue weighted by Crippen LogP contribution is -2.41. The number of benzene rings is 1. The number of carbonyl (C=O) groups excluding carboxylic acids is 1. The molecule has 2 aromatic rings. The van der Waals surface area contributed by atoms with Gasteiger partial charge in [0, 0.05) is 17.6 Å². The van der Waals surface area contributed by atoms with Crippen LogP contribution in [-0.2, 0) is 11.2 Å². The van der Waals surface area contributed by atoms with Crippen LogP contribution in [0.1, 0.15) is 39.2 Å². The molecule has 0 saturated heterocycles. The summed E-state index contributed by atoms with van der Waals surface area (Å²) in [5, 5.41) is 13.9. The number of amides is 1. The van der Waals surface area contributed by atoms with Gasteiger partial charge in [0.15, 0.2) is 0 Å². The maximum absolute atomic E-state index is 12.1. The number of hydrogen-bond acceptors (Lipinski definition) is 3. The van der Waals surface area contributed by atoms with E-state index in [9.17, 15) is 14.7 Å². The molecule has 130 valence electrons. The lowest BCUT2D eigenvalue weighted by atomic mass is 9.95. The Morgan fingerprint density at radius 2 is 2.04 bits per heavy atom. The van der Waals surface area contributed by atoms with Crippen molar-refractivity contribution in [1.29, 1.82) is 0 Å². The first-order valence-electron chi connectivity index (χ1n) is 8.37. The van der Waals surface area contributed by atoms with E-state index in [1.807, 2.05) is 24.3 Å². The largest absolute Gasteiger partial charge is 0.388 e. The van der Waals surface area contributed by atoms with Crippen molar-refractivity contribution in [2.75, 3.05) is 6.54 Å². The fourth-order valence-corrected chi connectivity index (χ4v) is 2.54. The third-order valence-electron chi connectivity index (χ3n) is 4.11. The third-order valence-corrected chi connectivity index (χ3v) is 4.11. The maximum atomic E-state index is 12.1. The summed E-state index contributed by atoms with van der Waals surface area (Å²) in [7, 11) is 0. The molecule has 1 atom stereocenters.